The highest BCUT2D eigenvalue weighted by Crippen LogP contribution is 2.48. The van der Waals surface area contributed by atoms with E-state index in [0.29, 0.717) is 44.3 Å². The largest absolute Gasteiger partial charge is 0.495 e. The lowest BCUT2D eigenvalue weighted by Crippen LogP contribution is -2.42. The molecule has 1 aliphatic carbocycles. The molecule has 43 heavy (non-hydrogen) atoms. The Labute approximate surface area is 263 Å². The highest BCUT2D eigenvalue weighted by molar-refractivity contribution is 8.01. The van der Waals surface area contributed by atoms with E-state index in [1.165, 1.54) is 30.2 Å². The van der Waals surface area contributed by atoms with Gasteiger partial charge in [-0.15, -0.1) is 10.2 Å². The van der Waals surface area contributed by atoms with Crippen LogP contribution in [0.25, 0.3) is 6.08 Å². The molecule has 1 aromatic heterocycles. The number of thioether (sulfide) groups is 1. The molecule has 0 spiro atoms. The molecule has 2 aromatic carbocycles. The van der Waals surface area contributed by atoms with Gasteiger partial charge in [-0.2, -0.15) is 5.26 Å². The molecule has 0 radical (unpaired) electrons. The van der Waals surface area contributed by atoms with Gasteiger partial charge < -0.3 is 15.8 Å². The van der Waals surface area contributed by atoms with Crippen molar-refractivity contribution in [2.45, 2.75) is 31.0 Å². The molecule has 1 amide bonds. The standard InChI is InChI=1S/C31H29ClN6O3S2/c1-31(2)14-23-27(24(39)15-31)20(11-9-18-7-5-4-6-8-18)21(16-33)28(34)38(23)29-36-37-30(43-29)42-17-26(40)35-19-10-12-25(41-3)22(32)13-19/h4-13,20H,14-15,17,34H2,1-3H3,(H,35,40)/b11-9+. The lowest BCUT2D eigenvalue weighted by molar-refractivity contribution is -0.118. The third-order valence-corrected chi connectivity index (χ3v) is 9.39. The van der Waals surface area contributed by atoms with Gasteiger partial charge >= 0.3 is 0 Å². The first-order chi connectivity index (χ1) is 20.6. The third-order valence-electron chi connectivity index (χ3n) is 7.06. The molecule has 5 rings (SSSR count). The average molecular weight is 633 g/mol. The fraction of sp³-hybridized carbons (Fsp3) is 0.258. The van der Waals surface area contributed by atoms with Crippen LogP contribution in [-0.4, -0.2) is 34.8 Å². The Morgan fingerprint density at radius 3 is 2.74 bits per heavy atom. The highest BCUT2D eigenvalue weighted by Gasteiger charge is 2.44. The van der Waals surface area contributed by atoms with Crippen molar-refractivity contribution in [3.8, 4) is 11.8 Å². The zero-order chi connectivity index (χ0) is 30.7. The number of Topliss-reactive ketones (excluding diaryl/α,β-unsaturated/α-hetero) is 1. The van der Waals surface area contributed by atoms with Gasteiger partial charge in [0.05, 0.1) is 29.5 Å². The summed E-state index contributed by atoms with van der Waals surface area (Å²) in [5.41, 5.74) is 9.42. The Morgan fingerprint density at radius 1 is 1.28 bits per heavy atom. The number of ketones is 1. The molecular formula is C31H29ClN6O3S2. The number of nitriles is 1. The van der Waals surface area contributed by atoms with Crippen molar-refractivity contribution >= 4 is 63.3 Å². The van der Waals surface area contributed by atoms with Gasteiger partial charge in [-0.1, -0.05) is 91.0 Å². The monoisotopic (exact) mass is 632 g/mol. The van der Waals surface area contributed by atoms with Crippen molar-refractivity contribution in [2.75, 3.05) is 23.1 Å². The molecule has 9 nitrogen and oxygen atoms in total. The summed E-state index contributed by atoms with van der Waals surface area (Å²) in [4.78, 5) is 27.9. The normalized spacial score (nSPS) is 18.1. The number of allylic oxidation sites excluding steroid dienone is 4. The van der Waals surface area contributed by atoms with E-state index in [4.69, 9.17) is 22.1 Å². The molecule has 2 heterocycles. The first-order valence-electron chi connectivity index (χ1n) is 13.4. The van der Waals surface area contributed by atoms with Crippen LogP contribution in [-0.2, 0) is 9.59 Å². The molecule has 3 N–H and O–H groups in total. The van der Waals surface area contributed by atoms with Gasteiger partial charge in [0, 0.05) is 29.3 Å². The van der Waals surface area contributed by atoms with Crippen molar-refractivity contribution in [3.05, 3.63) is 87.9 Å². The van der Waals surface area contributed by atoms with E-state index in [0.717, 1.165) is 11.3 Å². The van der Waals surface area contributed by atoms with Crippen LogP contribution in [0.3, 0.4) is 0 Å². The number of amides is 1. The van der Waals surface area contributed by atoms with Crippen LogP contribution in [0.4, 0.5) is 10.8 Å². The Morgan fingerprint density at radius 2 is 2.05 bits per heavy atom. The second-order valence-corrected chi connectivity index (χ2v) is 13.4. The number of hydrogen-bond donors (Lipinski definition) is 2. The van der Waals surface area contributed by atoms with Gasteiger partial charge in [0.2, 0.25) is 11.0 Å². The van der Waals surface area contributed by atoms with E-state index >= 15 is 0 Å². The highest BCUT2D eigenvalue weighted by atomic mass is 35.5. The summed E-state index contributed by atoms with van der Waals surface area (Å²) in [6.07, 6.45) is 4.71. The number of ether oxygens (including phenoxy) is 1. The van der Waals surface area contributed by atoms with E-state index in [1.807, 2.05) is 56.3 Å². The summed E-state index contributed by atoms with van der Waals surface area (Å²) in [6.45, 7) is 4.08. The maximum absolute atomic E-state index is 13.6. The number of rotatable bonds is 8. The Kier molecular flexibility index (Phi) is 8.92. The van der Waals surface area contributed by atoms with Crippen LogP contribution in [0.5, 0.6) is 5.75 Å². The second-order valence-electron chi connectivity index (χ2n) is 10.8. The number of nitrogens with two attached hydrogens (primary N) is 1. The van der Waals surface area contributed by atoms with E-state index in [9.17, 15) is 14.9 Å². The zero-order valence-electron chi connectivity index (χ0n) is 23.8. The van der Waals surface area contributed by atoms with Crippen molar-refractivity contribution in [3.63, 3.8) is 0 Å². The minimum absolute atomic E-state index is 0.0198. The third kappa shape index (κ3) is 6.62. The molecular weight excluding hydrogens is 604 g/mol. The summed E-state index contributed by atoms with van der Waals surface area (Å²) in [6, 6.07) is 17.0. The quantitative estimate of drug-likeness (QED) is 0.270. The molecule has 2 aliphatic rings. The molecule has 1 atom stereocenters. The summed E-state index contributed by atoms with van der Waals surface area (Å²) in [5.74, 6) is -0.0219. The zero-order valence-corrected chi connectivity index (χ0v) is 26.1. The molecule has 0 bridgehead atoms. The smallest absolute Gasteiger partial charge is 0.234 e. The predicted molar refractivity (Wildman–Crippen MR) is 171 cm³/mol. The summed E-state index contributed by atoms with van der Waals surface area (Å²) < 4.78 is 5.69. The van der Waals surface area contributed by atoms with Crippen LogP contribution in [0.2, 0.25) is 5.02 Å². The molecule has 3 aromatic rings. The fourth-order valence-electron chi connectivity index (χ4n) is 5.15. The van der Waals surface area contributed by atoms with Gasteiger partial charge in [-0.3, -0.25) is 14.5 Å². The summed E-state index contributed by atoms with van der Waals surface area (Å²) in [5, 5.41) is 22.5. The SMILES string of the molecule is COc1ccc(NC(=O)CSc2nnc(N3C(N)=C(C#N)C(/C=C/c4ccccc4)C4=C3CC(C)(C)CC4=O)s2)cc1Cl. The van der Waals surface area contributed by atoms with Crippen LogP contribution in [0, 0.1) is 22.7 Å². The first-order valence-corrected chi connectivity index (χ1v) is 15.6. The van der Waals surface area contributed by atoms with Gasteiger partial charge in [-0.25, -0.2) is 0 Å². The average Bonchev–Trinajstić information content (AvgIpc) is 3.43. The van der Waals surface area contributed by atoms with E-state index in [1.54, 1.807) is 23.1 Å². The fourth-order valence-corrected chi connectivity index (χ4v) is 7.09. The maximum Gasteiger partial charge on any atom is 0.234 e. The van der Waals surface area contributed by atoms with E-state index < -0.39 is 5.92 Å². The number of benzene rings is 2. The van der Waals surface area contributed by atoms with Crippen molar-refractivity contribution in [1.29, 1.82) is 5.26 Å². The summed E-state index contributed by atoms with van der Waals surface area (Å²) in [7, 11) is 1.52. The topological polar surface area (TPSA) is 134 Å². The molecule has 1 aliphatic heterocycles. The molecule has 220 valence electrons. The minimum atomic E-state index is -0.572. The van der Waals surface area contributed by atoms with E-state index in [-0.39, 0.29) is 34.3 Å². The second kappa shape index (κ2) is 12.6. The Bertz CT molecular complexity index is 1710. The number of carbonyl (C=O) groups excluding carboxylic acids is 2. The predicted octanol–water partition coefficient (Wildman–Crippen LogP) is 6.42. The van der Waals surface area contributed by atoms with Crippen LogP contribution in [0.15, 0.2) is 81.6 Å². The molecule has 0 fully saturated rings. The molecule has 0 saturated heterocycles. The lowest BCUT2D eigenvalue weighted by Gasteiger charge is -2.41. The molecule has 12 heteroatoms. The molecule has 1 unspecified atom stereocenters. The van der Waals surface area contributed by atoms with Crippen LogP contribution in [0.1, 0.15) is 32.3 Å². The maximum atomic E-state index is 13.6. The number of nitrogens with zero attached hydrogens (tertiary/aromatic N) is 4. The number of hydrogen-bond acceptors (Lipinski definition) is 10. The van der Waals surface area contributed by atoms with Crippen molar-refractivity contribution in [2.24, 2.45) is 17.1 Å². The Balaban J connectivity index is 1.40. The van der Waals surface area contributed by atoms with Gasteiger partial charge in [-0.05, 0) is 35.6 Å². The number of aromatic nitrogens is 2. The van der Waals surface area contributed by atoms with Crippen molar-refractivity contribution < 1.29 is 14.3 Å². The van der Waals surface area contributed by atoms with Crippen LogP contribution >= 0.6 is 34.7 Å². The van der Waals surface area contributed by atoms with Gasteiger partial charge in [0.25, 0.3) is 0 Å². The van der Waals surface area contributed by atoms with Crippen molar-refractivity contribution in [1.82, 2.24) is 10.2 Å². The number of carbonyl (C=O) groups is 2. The number of halogens is 1. The number of nitrogens with one attached hydrogen (secondary N) is 1. The lowest BCUT2D eigenvalue weighted by atomic mass is 9.70. The minimum Gasteiger partial charge on any atom is -0.495 e. The van der Waals surface area contributed by atoms with E-state index in [2.05, 4.69) is 21.6 Å². The van der Waals surface area contributed by atoms with Gasteiger partial charge in [0.15, 0.2) is 10.1 Å². The number of anilines is 2. The Hall–Kier alpha value is -4.11. The molecule has 0 saturated carbocycles. The number of methoxy groups -OCH3 is 1. The van der Waals surface area contributed by atoms with Crippen LogP contribution < -0.4 is 20.7 Å². The first kappa shape index (κ1) is 30.4. The van der Waals surface area contributed by atoms with Gasteiger partial charge in [0.1, 0.15) is 11.6 Å². The summed E-state index contributed by atoms with van der Waals surface area (Å²) >= 11 is 8.62.